The third-order valence-corrected chi connectivity index (χ3v) is 8.16. The zero-order valence-electron chi connectivity index (χ0n) is 25.6. The highest BCUT2D eigenvalue weighted by Crippen LogP contribution is 2.37. The van der Waals surface area contributed by atoms with Crippen molar-refractivity contribution in [3.63, 3.8) is 0 Å². The zero-order chi connectivity index (χ0) is 32.7. The van der Waals surface area contributed by atoms with Crippen molar-refractivity contribution >= 4 is 41.7 Å². The lowest BCUT2D eigenvalue weighted by Crippen LogP contribution is -2.55. The molecule has 1 saturated heterocycles. The molecule has 2 aromatic rings. The van der Waals surface area contributed by atoms with E-state index in [9.17, 15) is 14.4 Å². The molecule has 2 heterocycles. The average Bonchev–Trinajstić information content (AvgIpc) is 3.22. The van der Waals surface area contributed by atoms with Gasteiger partial charge in [0, 0.05) is 37.5 Å². The van der Waals surface area contributed by atoms with Crippen LogP contribution in [-0.4, -0.2) is 70.8 Å². The standard InChI is InChI=1S/C33H35F2N5O4S/c1-6-22-11-8-9-14-27(45-5)30(22)38-33(40-16-15-39(18-20(40)3)28(43)7-2)23-17-25(35)31(37-32(23)36-19-41)29-24(34)12-10-13-26(29)44-21(4)42/h7,9-14,17,19-20H,2,6,8,15-16,18H2,1,3-5H3,(H,36,37,41)/b38-33+. The molecule has 1 aliphatic heterocycles. The number of benzene rings is 1. The third-order valence-electron chi connectivity index (χ3n) is 7.39. The summed E-state index contributed by atoms with van der Waals surface area (Å²) in [5.41, 5.74) is 1.01. The number of amides is 2. The van der Waals surface area contributed by atoms with E-state index < -0.39 is 23.3 Å². The monoisotopic (exact) mass is 635 g/mol. The van der Waals surface area contributed by atoms with Gasteiger partial charge in [0.25, 0.3) is 0 Å². The van der Waals surface area contributed by atoms with Crippen LogP contribution < -0.4 is 10.1 Å². The number of allylic oxidation sites excluding steroid dienone is 4. The number of rotatable bonds is 9. The quantitative estimate of drug-likeness (QED) is 0.0920. The Morgan fingerprint density at radius 1 is 1.27 bits per heavy atom. The first-order chi connectivity index (χ1) is 21.6. The predicted octanol–water partition coefficient (Wildman–Crippen LogP) is 5.86. The summed E-state index contributed by atoms with van der Waals surface area (Å²) in [6.07, 6.45) is 11.1. The number of halogens is 2. The number of hydrogen-bond acceptors (Lipinski definition) is 7. The summed E-state index contributed by atoms with van der Waals surface area (Å²) in [7, 11) is 0. The van der Waals surface area contributed by atoms with Crippen LogP contribution in [0.5, 0.6) is 5.75 Å². The first-order valence-corrected chi connectivity index (χ1v) is 15.6. The molecule has 1 aromatic heterocycles. The fourth-order valence-corrected chi connectivity index (χ4v) is 5.89. The molecule has 2 amide bonds. The maximum atomic E-state index is 16.2. The number of pyridine rings is 1. The molecule has 0 bridgehead atoms. The number of carbonyl (C=O) groups is 3. The van der Waals surface area contributed by atoms with Gasteiger partial charge in [0.15, 0.2) is 5.82 Å². The van der Waals surface area contributed by atoms with E-state index in [1.807, 2.05) is 37.2 Å². The molecule has 1 atom stereocenters. The maximum absolute atomic E-state index is 16.2. The zero-order valence-corrected chi connectivity index (χ0v) is 26.4. The van der Waals surface area contributed by atoms with Gasteiger partial charge in [0.1, 0.15) is 28.9 Å². The van der Waals surface area contributed by atoms with Crippen LogP contribution >= 0.6 is 11.8 Å². The van der Waals surface area contributed by atoms with Crippen LogP contribution in [0, 0.1) is 11.6 Å². The molecule has 4 rings (SSSR count). The average molecular weight is 636 g/mol. The number of esters is 1. The molecule has 0 saturated carbocycles. The SMILES string of the molecule is C=CC(=O)N1CCN(/C(=N/C2=C(SC)C=CCC=C2CC)c2cc(F)c(-c3c(F)cccc3OC(C)=O)nc2NC=O)C(C)C1. The Labute approximate surface area is 265 Å². The van der Waals surface area contributed by atoms with Crippen molar-refractivity contribution in [2.24, 2.45) is 4.99 Å². The summed E-state index contributed by atoms with van der Waals surface area (Å²) in [6.45, 7) is 9.72. The maximum Gasteiger partial charge on any atom is 0.308 e. The Morgan fingerprint density at radius 3 is 2.69 bits per heavy atom. The van der Waals surface area contributed by atoms with Gasteiger partial charge in [-0.15, -0.1) is 11.8 Å². The van der Waals surface area contributed by atoms with E-state index in [4.69, 9.17) is 9.73 Å². The van der Waals surface area contributed by atoms with Crippen LogP contribution in [0.1, 0.15) is 39.2 Å². The minimum Gasteiger partial charge on any atom is -0.426 e. The summed E-state index contributed by atoms with van der Waals surface area (Å²) in [5.74, 6) is -2.70. The molecule has 2 aliphatic rings. The molecule has 9 nitrogen and oxygen atoms in total. The van der Waals surface area contributed by atoms with Crippen molar-refractivity contribution < 1.29 is 27.9 Å². The Morgan fingerprint density at radius 2 is 2.04 bits per heavy atom. The largest absolute Gasteiger partial charge is 0.426 e. The minimum absolute atomic E-state index is 0.0773. The summed E-state index contributed by atoms with van der Waals surface area (Å²) in [4.78, 5) is 50.0. The molecule has 1 fully saturated rings. The topological polar surface area (TPSA) is 104 Å². The summed E-state index contributed by atoms with van der Waals surface area (Å²) < 4.78 is 36.5. The van der Waals surface area contributed by atoms with Gasteiger partial charge >= 0.3 is 5.97 Å². The van der Waals surface area contributed by atoms with Crippen LogP contribution in [0.4, 0.5) is 14.6 Å². The van der Waals surface area contributed by atoms with Crippen molar-refractivity contribution in [1.29, 1.82) is 0 Å². The third kappa shape index (κ3) is 7.39. The lowest BCUT2D eigenvalue weighted by atomic mass is 10.0. The van der Waals surface area contributed by atoms with Gasteiger partial charge in [-0.25, -0.2) is 18.8 Å². The summed E-state index contributed by atoms with van der Waals surface area (Å²) >= 11 is 1.52. The van der Waals surface area contributed by atoms with Crippen molar-refractivity contribution in [2.45, 2.75) is 39.7 Å². The van der Waals surface area contributed by atoms with E-state index in [0.717, 1.165) is 36.0 Å². The van der Waals surface area contributed by atoms with E-state index in [1.54, 1.807) is 4.90 Å². The normalized spacial score (nSPS) is 17.1. The van der Waals surface area contributed by atoms with E-state index in [2.05, 4.69) is 23.0 Å². The Hall–Kier alpha value is -4.58. The number of piperazine rings is 1. The Kier molecular flexibility index (Phi) is 11.1. The highest BCUT2D eigenvalue weighted by Gasteiger charge is 2.32. The first-order valence-electron chi connectivity index (χ1n) is 14.4. The molecule has 1 aliphatic carbocycles. The molecule has 236 valence electrons. The second-order valence-corrected chi connectivity index (χ2v) is 11.1. The van der Waals surface area contributed by atoms with Gasteiger partial charge in [-0.2, -0.15) is 0 Å². The van der Waals surface area contributed by atoms with Crippen LogP contribution in [0.2, 0.25) is 0 Å². The lowest BCUT2D eigenvalue weighted by molar-refractivity contribution is -0.132. The predicted molar refractivity (Wildman–Crippen MR) is 173 cm³/mol. The van der Waals surface area contributed by atoms with Crippen LogP contribution in [0.3, 0.4) is 0 Å². The summed E-state index contributed by atoms with van der Waals surface area (Å²) in [6, 6.07) is 4.62. The molecular weight excluding hydrogens is 600 g/mol. The van der Waals surface area contributed by atoms with E-state index in [0.29, 0.717) is 44.0 Å². The van der Waals surface area contributed by atoms with E-state index >= 15 is 8.78 Å². The smallest absolute Gasteiger partial charge is 0.308 e. The van der Waals surface area contributed by atoms with Gasteiger partial charge in [0.2, 0.25) is 12.3 Å². The van der Waals surface area contributed by atoms with Crippen molar-refractivity contribution in [3.8, 4) is 17.0 Å². The number of aromatic nitrogens is 1. The first kappa shape index (κ1) is 33.3. The highest BCUT2D eigenvalue weighted by atomic mass is 32.2. The number of aliphatic imine (C=N–C) groups is 1. The Balaban J connectivity index is 1.98. The number of carbonyl (C=O) groups excluding carboxylic acids is 3. The molecule has 1 unspecified atom stereocenters. The van der Waals surface area contributed by atoms with Gasteiger partial charge in [0.05, 0.1) is 16.8 Å². The van der Waals surface area contributed by atoms with Gasteiger partial charge in [-0.1, -0.05) is 37.8 Å². The second kappa shape index (κ2) is 14.9. The molecular formula is C33H35F2N5O4S. The van der Waals surface area contributed by atoms with Crippen LogP contribution in [0.25, 0.3) is 11.3 Å². The number of nitrogens with zero attached hydrogens (tertiary/aromatic N) is 4. The van der Waals surface area contributed by atoms with Gasteiger partial charge < -0.3 is 19.9 Å². The summed E-state index contributed by atoms with van der Waals surface area (Å²) in [5, 5.41) is 2.54. The van der Waals surface area contributed by atoms with Crippen molar-refractivity contribution in [1.82, 2.24) is 14.8 Å². The number of hydrogen-bond donors (Lipinski definition) is 1. The lowest BCUT2D eigenvalue weighted by Gasteiger charge is -2.41. The highest BCUT2D eigenvalue weighted by molar-refractivity contribution is 8.02. The number of anilines is 1. The number of amidine groups is 1. The van der Waals surface area contributed by atoms with Crippen molar-refractivity contribution in [3.05, 3.63) is 88.5 Å². The Bertz CT molecular complexity index is 1630. The molecule has 0 radical (unpaired) electrons. The van der Waals surface area contributed by atoms with Gasteiger partial charge in [-0.3, -0.25) is 14.4 Å². The number of nitrogens with one attached hydrogen (secondary N) is 1. The fraction of sp³-hybridized carbons (Fsp3) is 0.303. The molecule has 0 spiro atoms. The fourth-order valence-electron chi connectivity index (χ4n) is 5.28. The number of thioether (sulfide) groups is 1. The van der Waals surface area contributed by atoms with Crippen molar-refractivity contribution in [2.75, 3.05) is 31.2 Å². The molecule has 12 heteroatoms. The van der Waals surface area contributed by atoms with Crippen LogP contribution in [-0.2, 0) is 14.4 Å². The number of ether oxygens (including phenoxy) is 1. The molecule has 45 heavy (non-hydrogen) atoms. The van der Waals surface area contributed by atoms with E-state index in [1.165, 1.54) is 30.0 Å². The second-order valence-electron chi connectivity index (χ2n) is 10.3. The van der Waals surface area contributed by atoms with E-state index in [-0.39, 0.29) is 34.6 Å². The molecule has 1 aromatic carbocycles. The molecule has 1 N–H and O–H groups in total. The van der Waals surface area contributed by atoms with Crippen LogP contribution in [0.15, 0.2) is 76.3 Å². The van der Waals surface area contributed by atoms with Gasteiger partial charge in [-0.05, 0) is 55.9 Å². The minimum atomic E-state index is -0.924.